The Labute approximate surface area is 117 Å². The van der Waals surface area contributed by atoms with Crippen LogP contribution in [0.15, 0.2) is 0 Å². The van der Waals surface area contributed by atoms with Gasteiger partial charge in [0.05, 0.1) is 11.7 Å². The van der Waals surface area contributed by atoms with Gasteiger partial charge < -0.3 is 9.84 Å². The SMILES string of the molecule is CC1(C(O)C2CCOC3(CCCC3)C2)CCCCC1. The van der Waals surface area contributed by atoms with E-state index in [4.69, 9.17) is 4.74 Å². The molecule has 1 heterocycles. The van der Waals surface area contributed by atoms with E-state index in [0.29, 0.717) is 5.92 Å². The molecule has 2 saturated carbocycles. The van der Waals surface area contributed by atoms with Gasteiger partial charge in [0.2, 0.25) is 0 Å². The summed E-state index contributed by atoms with van der Waals surface area (Å²) >= 11 is 0. The van der Waals surface area contributed by atoms with Gasteiger partial charge in [-0.3, -0.25) is 0 Å². The molecule has 0 aromatic rings. The van der Waals surface area contributed by atoms with Gasteiger partial charge >= 0.3 is 0 Å². The van der Waals surface area contributed by atoms with Gasteiger partial charge in [-0.15, -0.1) is 0 Å². The van der Waals surface area contributed by atoms with Crippen molar-refractivity contribution >= 4 is 0 Å². The molecule has 0 radical (unpaired) electrons. The summed E-state index contributed by atoms with van der Waals surface area (Å²) in [5.41, 5.74) is 0.328. The maximum Gasteiger partial charge on any atom is 0.0686 e. The molecule has 3 rings (SSSR count). The van der Waals surface area contributed by atoms with Crippen molar-refractivity contribution in [2.75, 3.05) is 6.61 Å². The van der Waals surface area contributed by atoms with Crippen LogP contribution < -0.4 is 0 Å². The zero-order valence-electron chi connectivity index (χ0n) is 12.5. The van der Waals surface area contributed by atoms with Crippen LogP contribution in [0.5, 0.6) is 0 Å². The highest BCUT2D eigenvalue weighted by atomic mass is 16.5. The molecule has 0 bridgehead atoms. The highest BCUT2D eigenvalue weighted by molar-refractivity contribution is 4.97. The molecule has 2 atom stereocenters. The number of hydrogen-bond acceptors (Lipinski definition) is 2. The van der Waals surface area contributed by atoms with Crippen LogP contribution in [-0.4, -0.2) is 23.4 Å². The Kier molecular flexibility index (Phi) is 3.92. The van der Waals surface area contributed by atoms with Crippen LogP contribution in [0.4, 0.5) is 0 Å². The minimum absolute atomic E-state index is 0.103. The molecule has 110 valence electrons. The number of aliphatic hydroxyl groups excluding tert-OH is 1. The Morgan fingerprint density at radius 3 is 2.32 bits per heavy atom. The molecule has 1 spiro atoms. The van der Waals surface area contributed by atoms with Gasteiger partial charge in [0.25, 0.3) is 0 Å². The van der Waals surface area contributed by atoms with E-state index in [1.165, 1.54) is 57.8 Å². The molecule has 2 nitrogen and oxygen atoms in total. The Morgan fingerprint density at radius 2 is 1.63 bits per heavy atom. The molecule has 0 aromatic carbocycles. The predicted octanol–water partition coefficient (Wildman–Crippen LogP) is 4.06. The molecule has 1 aliphatic heterocycles. The molecule has 3 fully saturated rings. The lowest BCUT2D eigenvalue weighted by Gasteiger charge is -2.46. The standard InChI is InChI=1S/C17H30O2/c1-16(8-3-2-4-9-16)15(18)14-7-12-19-17(13-14)10-5-6-11-17/h14-15,18H,2-13H2,1H3. The Balaban J connectivity index is 1.67. The fourth-order valence-electron chi connectivity index (χ4n) is 4.93. The third-order valence-electron chi connectivity index (χ3n) is 6.20. The first-order chi connectivity index (χ1) is 9.14. The summed E-state index contributed by atoms with van der Waals surface area (Å²) in [7, 11) is 0. The van der Waals surface area contributed by atoms with Crippen LogP contribution in [0.2, 0.25) is 0 Å². The van der Waals surface area contributed by atoms with Crippen molar-refractivity contribution in [3.8, 4) is 0 Å². The van der Waals surface area contributed by atoms with Crippen LogP contribution in [0.25, 0.3) is 0 Å². The maximum atomic E-state index is 10.9. The smallest absolute Gasteiger partial charge is 0.0686 e. The van der Waals surface area contributed by atoms with Gasteiger partial charge in [0.1, 0.15) is 0 Å². The molecular formula is C17H30O2. The summed E-state index contributed by atoms with van der Waals surface area (Å²) in [5, 5.41) is 10.9. The van der Waals surface area contributed by atoms with E-state index in [-0.39, 0.29) is 17.1 Å². The minimum Gasteiger partial charge on any atom is -0.392 e. The third-order valence-corrected chi connectivity index (χ3v) is 6.20. The normalized spacial score (nSPS) is 35.4. The van der Waals surface area contributed by atoms with Crippen molar-refractivity contribution in [3.63, 3.8) is 0 Å². The Hall–Kier alpha value is -0.0800. The average Bonchev–Trinajstić information content (AvgIpc) is 2.87. The molecule has 19 heavy (non-hydrogen) atoms. The van der Waals surface area contributed by atoms with E-state index in [1.807, 2.05) is 0 Å². The lowest BCUT2D eigenvalue weighted by Crippen LogP contribution is -2.47. The van der Waals surface area contributed by atoms with E-state index >= 15 is 0 Å². The minimum atomic E-state index is -0.103. The number of rotatable bonds is 2. The van der Waals surface area contributed by atoms with Crippen molar-refractivity contribution < 1.29 is 9.84 Å². The van der Waals surface area contributed by atoms with Gasteiger partial charge in [-0.05, 0) is 49.9 Å². The number of aliphatic hydroxyl groups is 1. The van der Waals surface area contributed by atoms with Gasteiger partial charge in [-0.1, -0.05) is 39.0 Å². The van der Waals surface area contributed by atoms with Crippen molar-refractivity contribution in [2.45, 2.75) is 89.3 Å². The van der Waals surface area contributed by atoms with Crippen molar-refractivity contribution in [1.29, 1.82) is 0 Å². The van der Waals surface area contributed by atoms with Gasteiger partial charge in [-0.2, -0.15) is 0 Å². The fraction of sp³-hybridized carbons (Fsp3) is 1.00. The molecule has 2 heteroatoms. The van der Waals surface area contributed by atoms with E-state index in [0.717, 1.165) is 19.4 Å². The van der Waals surface area contributed by atoms with Crippen LogP contribution >= 0.6 is 0 Å². The monoisotopic (exact) mass is 266 g/mol. The number of hydrogen-bond donors (Lipinski definition) is 1. The zero-order chi connectivity index (χ0) is 13.3. The largest absolute Gasteiger partial charge is 0.392 e. The molecule has 1 N–H and O–H groups in total. The first kappa shape index (κ1) is 13.9. The van der Waals surface area contributed by atoms with E-state index in [1.54, 1.807) is 0 Å². The molecule has 2 unspecified atom stereocenters. The van der Waals surface area contributed by atoms with Crippen molar-refractivity contribution in [3.05, 3.63) is 0 Å². The van der Waals surface area contributed by atoms with E-state index in [9.17, 15) is 5.11 Å². The summed E-state index contributed by atoms with van der Waals surface area (Å²) in [4.78, 5) is 0. The Bertz CT molecular complexity index is 300. The summed E-state index contributed by atoms with van der Waals surface area (Å²) in [6.45, 7) is 3.20. The first-order valence-electron chi connectivity index (χ1n) is 8.46. The third kappa shape index (κ3) is 2.71. The summed E-state index contributed by atoms with van der Waals surface area (Å²) in [6, 6.07) is 0. The summed E-state index contributed by atoms with van der Waals surface area (Å²) in [5.74, 6) is 0.481. The van der Waals surface area contributed by atoms with Gasteiger partial charge in [0, 0.05) is 6.61 Å². The predicted molar refractivity (Wildman–Crippen MR) is 77.1 cm³/mol. The van der Waals surface area contributed by atoms with Gasteiger partial charge in [0.15, 0.2) is 0 Å². The second-order valence-electron chi connectivity index (χ2n) is 7.65. The van der Waals surface area contributed by atoms with E-state index in [2.05, 4.69) is 6.92 Å². The average molecular weight is 266 g/mol. The van der Waals surface area contributed by atoms with Gasteiger partial charge in [-0.25, -0.2) is 0 Å². The lowest BCUT2D eigenvalue weighted by atomic mass is 9.65. The molecule has 2 aliphatic carbocycles. The van der Waals surface area contributed by atoms with Crippen LogP contribution in [0.1, 0.15) is 77.6 Å². The molecular weight excluding hydrogens is 236 g/mol. The highest BCUT2D eigenvalue weighted by Crippen LogP contribution is 2.48. The first-order valence-corrected chi connectivity index (χ1v) is 8.46. The van der Waals surface area contributed by atoms with Crippen LogP contribution in [0, 0.1) is 11.3 Å². The molecule has 0 amide bonds. The zero-order valence-corrected chi connectivity index (χ0v) is 12.5. The van der Waals surface area contributed by atoms with E-state index < -0.39 is 0 Å². The molecule has 1 saturated heterocycles. The lowest BCUT2D eigenvalue weighted by molar-refractivity contribution is -0.134. The second kappa shape index (κ2) is 5.37. The van der Waals surface area contributed by atoms with Crippen molar-refractivity contribution in [2.24, 2.45) is 11.3 Å². The molecule has 0 aromatic heterocycles. The van der Waals surface area contributed by atoms with Crippen LogP contribution in [0.3, 0.4) is 0 Å². The highest BCUT2D eigenvalue weighted by Gasteiger charge is 2.46. The number of ether oxygens (including phenoxy) is 1. The molecule has 3 aliphatic rings. The quantitative estimate of drug-likeness (QED) is 0.817. The summed E-state index contributed by atoms with van der Waals surface area (Å²) in [6.07, 6.45) is 13.6. The second-order valence-corrected chi connectivity index (χ2v) is 7.65. The Morgan fingerprint density at radius 1 is 1.00 bits per heavy atom. The fourth-order valence-corrected chi connectivity index (χ4v) is 4.93. The van der Waals surface area contributed by atoms with Crippen LogP contribution in [-0.2, 0) is 4.74 Å². The topological polar surface area (TPSA) is 29.5 Å². The summed E-state index contributed by atoms with van der Waals surface area (Å²) < 4.78 is 6.12. The maximum absolute atomic E-state index is 10.9. The van der Waals surface area contributed by atoms with Crippen molar-refractivity contribution in [1.82, 2.24) is 0 Å².